The molecule has 32 heavy (non-hydrogen) atoms. The van der Waals surface area contributed by atoms with E-state index < -0.39 is 41.4 Å². The lowest BCUT2D eigenvalue weighted by atomic mass is 10.00. The van der Waals surface area contributed by atoms with Crippen molar-refractivity contribution in [3.63, 3.8) is 0 Å². The highest BCUT2D eigenvalue weighted by atomic mass is 16.6. The fraction of sp³-hybridized carbons (Fsp3) is 0.522. The number of amides is 3. The third kappa shape index (κ3) is 3.92. The minimum Gasteiger partial charge on any atom is -0.458 e. The fourth-order valence-electron chi connectivity index (χ4n) is 4.52. The van der Waals surface area contributed by atoms with Gasteiger partial charge in [-0.3, -0.25) is 29.1 Å². The van der Waals surface area contributed by atoms with Crippen LogP contribution >= 0.6 is 0 Å². The molecule has 9 nitrogen and oxygen atoms in total. The third-order valence-electron chi connectivity index (χ3n) is 5.88. The van der Waals surface area contributed by atoms with Crippen LogP contribution in [0.3, 0.4) is 0 Å². The maximum absolute atomic E-state index is 13.8. The van der Waals surface area contributed by atoms with Crippen LogP contribution in [0.15, 0.2) is 24.3 Å². The van der Waals surface area contributed by atoms with E-state index >= 15 is 0 Å². The van der Waals surface area contributed by atoms with Gasteiger partial charge in [0, 0.05) is 13.0 Å². The summed E-state index contributed by atoms with van der Waals surface area (Å²) < 4.78 is 5.54. The summed E-state index contributed by atoms with van der Waals surface area (Å²) >= 11 is 0. The Hall–Kier alpha value is -3.07. The first-order valence-corrected chi connectivity index (χ1v) is 10.9. The molecule has 3 aliphatic rings. The topological polar surface area (TPSA) is 104 Å². The largest absolute Gasteiger partial charge is 0.458 e. The molecular weight excluding hydrogens is 414 g/mol. The van der Waals surface area contributed by atoms with Crippen LogP contribution in [0.25, 0.3) is 0 Å². The van der Waals surface area contributed by atoms with Crippen molar-refractivity contribution in [2.24, 2.45) is 0 Å². The van der Waals surface area contributed by atoms with Gasteiger partial charge >= 0.3 is 5.97 Å². The molecule has 1 aromatic rings. The fourth-order valence-corrected chi connectivity index (χ4v) is 4.52. The molecular formula is C23H27N3O6. The van der Waals surface area contributed by atoms with Crippen LogP contribution < -0.4 is 0 Å². The van der Waals surface area contributed by atoms with Crippen LogP contribution in [-0.4, -0.2) is 75.2 Å². The van der Waals surface area contributed by atoms with Crippen molar-refractivity contribution >= 4 is 29.5 Å². The Bertz CT molecular complexity index is 963. The second kappa shape index (κ2) is 8.12. The Balaban J connectivity index is 1.70. The second-order valence-corrected chi connectivity index (χ2v) is 9.38. The molecule has 3 amide bonds. The van der Waals surface area contributed by atoms with E-state index in [9.17, 15) is 24.0 Å². The van der Waals surface area contributed by atoms with E-state index in [2.05, 4.69) is 0 Å². The van der Waals surface area contributed by atoms with Crippen molar-refractivity contribution in [2.45, 2.75) is 64.1 Å². The van der Waals surface area contributed by atoms with E-state index in [0.717, 1.165) is 4.90 Å². The number of hydrogen-bond acceptors (Lipinski definition) is 7. The Morgan fingerprint density at radius 2 is 1.62 bits per heavy atom. The number of ketones is 1. The normalized spacial score (nSPS) is 24.7. The quantitative estimate of drug-likeness (QED) is 0.507. The maximum atomic E-state index is 13.8. The van der Waals surface area contributed by atoms with Gasteiger partial charge in [0.15, 0.2) is 0 Å². The number of carbonyl (C=O) groups excluding carboxylic acids is 5. The zero-order chi connectivity index (χ0) is 23.2. The number of fused-ring (bicyclic) bond motifs is 2. The van der Waals surface area contributed by atoms with Crippen LogP contribution in [0.2, 0.25) is 0 Å². The van der Waals surface area contributed by atoms with Crippen molar-refractivity contribution in [3.05, 3.63) is 35.4 Å². The Kier molecular flexibility index (Phi) is 5.62. The monoisotopic (exact) mass is 441 g/mol. The van der Waals surface area contributed by atoms with Gasteiger partial charge in [-0.1, -0.05) is 12.1 Å². The molecule has 2 atom stereocenters. The number of hydrogen-bond donors (Lipinski definition) is 0. The van der Waals surface area contributed by atoms with Gasteiger partial charge < -0.3 is 4.74 Å². The SMILES string of the molecule is CC(C)(C)OC(=O)C1CCCN2CC(=O)CC[C@H](N3C(=O)c4ccccc4C3=O)C(=O)N12. The van der Waals surface area contributed by atoms with Gasteiger partial charge in [-0.15, -0.1) is 0 Å². The molecule has 2 saturated heterocycles. The van der Waals surface area contributed by atoms with Crippen LogP contribution in [-0.2, 0) is 19.1 Å². The number of esters is 1. The molecule has 0 aliphatic carbocycles. The number of ether oxygens (including phenoxy) is 1. The molecule has 0 bridgehead atoms. The molecule has 3 aliphatic heterocycles. The number of nitrogens with zero attached hydrogens (tertiary/aromatic N) is 3. The molecule has 1 aromatic carbocycles. The van der Waals surface area contributed by atoms with Gasteiger partial charge in [0.05, 0.1) is 17.7 Å². The maximum Gasteiger partial charge on any atom is 0.331 e. The summed E-state index contributed by atoms with van der Waals surface area (Å²) in [4.78, 5) is 66.3. The van der Waals surface area contributed by atoms with E-state index in [0.29, 0.717) is 19.4 Å². The average molecular weight is 441 g/mol. The van der Waals surface area contributed by atoms with E-state index in [1.165, 1.54) is 5.01 Å². The smallest absolute Gasteiger partial charge is 0.331 e. The zero-order valence-electron chi connectivity index (χ0n) is 18.5. The summed E-state index contributed by atoms with van der Waals surface area (Å²) in [6.45, 7) is 5.65. The molecule has 0 radical (unpaired) electrons. The molecule has 3 heterocycles. The van der Waals surface area contributed by atoms with Gasteiger partial charge in [-0.05, 0) is 52.2 Å². The van der Waals surface area contributed by atoms with Gasteiger partial charge in [-0.2, -0.15) is 0 Å². The molecule has 2 fully saturated rings. The zero-order valence-corrected chi connectivity index (χ0v) is 18.5. The highest BCUT2D eigenvalue weighted by Crippen LogP contribution is 2.31. The molecule has 4 rings (SSSR count). The van der Waals surface area contributed by atoms with Crippen LogP contribution in [0.1, 0.15) is 67.2 Å². The van der Waals surface area contributed by atoms with Gasteiger partial charge in [0.2, 0.25) is 0 Å². The highest BCUT2D eigenvalue weighted by molar-refractivity contribution is 6.23. The first kappa shape index (κ1) is 22.1. The highest BCUT2D eigenvalue weighted by Gasteiger charge is 2.49. The van der Waals surface area contributed by atoms with Crippen LogP contribution in [0.5, 0.6) is 0 Å². The summed E-state index contributed by atoms with van der Waals surface area (Å²) in [5.74, 6) is -2.34. The van der Waals surface area contributed by atoms with Crippen molar-refractivity contribution in [3.8, 4) is 0 Å². The molecule has 0 aromatic heterocycles. The molecule has 9 heteroatoms. The lowest BCUT2D eigenvalue weighted by Gasteiger charge is -2.46. The summed E-state index contributed by atoms with van der Waals surface area (Å²) in [6, 6.07) is 4.32. The summed E-state index contributed by atoms with van der Waals surface area (Å²) in [5, 5.41) is 2.83. The summed E-state index contributed by atoms with van der Waals surface area (Å²) in [7, 11) is 0. The Morgan fingerprint density at radius 3 is 2.22 bits per heavy atom. The van der Waals surface area contributed by atoms with Crippen LogP contribution in [0.4, 0.5) is 0 Å². The third-order valence-corrected chi connectivity index (χ3v) is 5.88. The predicted molar refractivity (Wildman–Crippen MR) is 112 cm³/mol. The molecule has 0 spiro atoms. The van der Waals surface area contributed by atoms with Crippen molar-refractivity contribution in [1.29, 1.82) is 0 Å². The Labute approximate surface area is 186 Å². The number of carbonyl (C=O) groups is 5. The van der Waals surface area contributed by atoms with Gasteiger partial charge in [0.1, 0.15) is 23.5 Å². The first-order chi connectivity index (χ1) is 15.1. The minimum atomic E-state index is -1.17. The first-order valence-electron chi connectivity index (χ1n) is 10.9. The number of hydrazine groups is 1. The molecule has 0 N–H and O–H groups in total. The van der Waals surface area contributed by atoms with Crippen LogP contribution in [0, 0.1) is 0 Å². The lowest BCUT2D eigenvalue weighted by molar-refractivity contribution is -0.188. The number of rotatable bonds is 2. The standard InChI is InChI=1S/C23H27N3O6/c1-23(2,3)32-22(31)18-9-6-12-24-13-14(27)10-11-17(21(30)26(18)24)25-19(28)15-7-4-5-8-16(15)20(25)29/h4-5,7-8,17-18H,6,9-13H2,1-3H3/t17-,18?/m0/s1. The lowest BCUT2D eigenvalue weighted by Crippen LogP contribution is -2.65. The predicted octanol–water partition coefficient (Wildman–Crippen LogP) is 1.56. The average Bonchev–Trinajstić information content (AvgIpc) is 2.97. The van der Waals surface area contributed by atoms with Crippen molar-refractivity contribution in [2.75, 3.05) is 13.1 Å². The minimum absolute atomic E-state index is 0.000123. The van der Waals surface area contributed by atoms with E-state index in [1.807, 2.05) is 0 Å². The number of benzene rings is 1. The van der Waals surface area contributed by atoms with Crippen molar-refractivity contribution < 1.29 is 28.7 Å². The number of Topliss-reactive ketones (excluding diaryl/α,β-unsaturated/α-hetero) is 1. The van der Waals surface area contributed by atoms with E-state index in [4.69, 9.17) is 4.74 Å². The van der Waals surface area contributed by atoms with Gasteiger partial charge in [-0.25, -0.2) is 9.80 Å². The van der Waals surface area contributed by atoms with Gasteiger partial charge in [0.25, 0.3) is 17.7 Å². The molecule has 170 valence electrons. The Morgan fingerprint density at radius 1 is 1.00 bits per heavy atom. The van der Waals surface area contributed by atoms with E-state index in [-0.39, 0.29) is 36.3 Å². The van der Waals surface area contributed by atoms with E-state index in [1.54, 1.807) is 50.0 Å². The summed E-state index contributed by atoms with van der Waals surface area (Å²) in [5.41, 5.74) is -0.279. The molecule has 0 saturated carbocycles. The summed E-state index contributed by atoms with van der Waals surface area (Å²) in [6.07, 6.45) is 1.07. The number of imide groups is 1. The second-order valence-electron chi connectivity index (χ2n) is 9.38. The molecule has 1 unspecified atom stereocenters. The van der Waals surface area contributed by atoms with Crippen molar-refractivity contribution in [1.82, 2.24) is 14.9 Å².